The number of carbonyl (C=O) groups is 3. The van der Waals surface area contributed by atoms with Crippen molar-refractivity contribution in [1.29, 1.82) is 0 Å². The molecule has 0 aliphatic carbocycles. The van der Waals surface area contributed by atoms with Crippen LogP contribution in [0.5, 0.6) is 0 Å². The fourth-order valence-electron chi connectivity index (χ4n) is 3.03. The molecule has 0 saturated heterocycles. The van der Waals surface area contributed by atoms with E-state index in [1.165, 1.54) is 24.8 Å². The number of aliphatic hydroxyl groups is 1. The van der Waals surface area contributed by atoms with E-state index >= 15 is 0 Å². The molecule has 3 aromatic rings. The van der Waals surface area contributed by atoms with Crippen molar-refractivity contribution in [2.75, 3.05) is 17.2 Å². The Morgan fingerprint density at radius 2 is 1.62 bits per heavy atom. The van der Waals surface area contributed by atoms with Crippen LogP contribution in [0.25, 0.3) is 11.1 Å². The van der Waals surface area contributed by atoms with Crippen LogP contribution < -0.4 is 21.4 Å². The lowest BCUT2D eigenvalue weighted by molar-refractivity contribution is -0.133. The van der Waals surface area contributed by atoms with Gasteiger partial charge in [-0.2, -0.15) is 0 Å². The number of aromatic nitrogens is 2. The molecule has 1 heterocycles. The molecule has 3 amide bonds. The van der Waals surface area contributed by atoms with Gasteiger partial charge in [0.1, 0.15) is 11.9 Å². The molecular weight excluding hydrogens is 440 g/mol. The summed E-state index contributed by atoms with van der Waals surface area (Å²) in [7, 11) is 0. The van der Waals surface area contributed by atoms with Crippen LogP contribution in [0.15, 0.2) is 67.1 Å². The van der Waals surface area contributed by atoms with E-state index in [1.54, 1.807) is 42.6 Å². The second-order valence-corrected chi connectivity index (χ2v) is 7.31. The lowest BCUT2D eigenvalue weighted by Gasteiger charge is -2.19. The number of aliphatic hydroxyl groups excluding tert-OH is 1. The van der Waals surface area contributed by atoms with Gasteiger partial charge in [0.15, 0.2) is 0 Å². The number of carbonyl (C=O) groups excluding carboxylic acids is 3. The molecule has 0 aliphatic heterocycles. The molecule has 0 saturated carbocycles. The largest absolute Gasteiger partial charge is 0.391 e. The van der Waals surface area contributed by atoms with Crippen molar-refractivity contribution in [1.82, 2.24) is 20.8 Å². The second-order valence-electron chi connectivity index (χ2n) is 7.31. The molecule has 0 aliphatic rings. The lowest BCUT2D eigenvalue weighted by Crippen LogP contribution is -2.51. The van der Waals surface area contributed by atoms with Crippen LogP contribution in [0.1, 0.15) is 17.3 Å². The van der Waals surface area contributed by atoms with Crippen LogP contribution in [0.4, 0.5) is 11.5 Å². The van der Waals surface area contributed by atoms with E-state index in [2.05, 4.69) is 25.9 Å². The van der Waals surface area contributed by atoms with E-state index in [0.29, 0.717) is 11.5 Å². The average molecular weight is 464 g/mol. The third-order valence-electron chi connectivity index (χ3n) is 4.80. The minimum Gasteiger partial charge on any atom is -0.391 e. The Balaban J connectivity index is 1.57. The van der Waals surface area contributed by atoms with Gasteiger partial charge in [0.2, 0.25) is 5.91 Å². The number of hydroxylamine groups is 1. The van der Waals surface area contributed by atoms with Gasteiger partial charge < -0.3 is 21.1 Å². The summed E-state index contributed by atoms with van der Waals surface area (Å²) in [6.45, 7) is 1.36. The number of hydrogen-bond acceptors (Lipinski definition) is 8. The van der Waals surface area contributed by atoms with Crippen molar-refractivity contribution in [3.63, 3.8) is 0 Å². The number of nitrogens with zero attached hydrogens (tertiary/aromatic N) is 2. The topological polar surface area (TPSA) is 166 Å². The molecule has 11 heteroatoms. The molecule has 2 aromatic carbocycles. The summed E-state index contributed by atoms with van der Waals surface area (Å²) in [5.74, 6) is -1.23. The lowest BCUT2D eigenvalue weighted by atomic mass is 10.0. The first-order chi connectivity index (χ1) is 16.4. The summed E-state index contributed by atoms with van der Waals surface area (Å²) >= 11 is 0. The molecule has 34 heavy (non-hydrogen) atoms. The van der Waals surface area contributed by atoms with Crippen molar-refractivity contribution in [3.8, 4) is 11.1 Å². The quantitative estimate of drug-likeness (QED) is 0.203. The number of rotatable bonds is 9. The van der Waals surface area contributed by atoms with Gasteiger partial charge in [0.05, 0.1) is 18.8 Å². The molecule has 176 valence electrons. The Morgan fingerprint density at radius 3 is 2.18 bits per heavy atom. The highest BCUT2D eigenvalue weighted by atomic mass is 16.5. The first-order valence-electron chi connectivity index (χ1n) is 10.3. The molecule has 0 spiro atoms. The smallest absolute Gasteiger partial charge is 0.268 e. The maximum absolute atomic E-state index is 12.4. The molecule has 6 N–H and O–H groups in total. The zero-order chi connectivity index (χ0) is 24.5. The normalized spacial score (nSPS) is 12.2. The molecule has 2 atom stereocenters. The van der Waals surface area contributed by atoms with Crippen LogP contribution in [0.2, 0.25) is 0 Å². The minimum absolute atomic E-state index is 0.0415. The van der Waals surface area contributed by atoms with Crippen LogP contribution >= 0.6 is 0 Å². The highest BCUT2D eigenvalue weighted by Crippen LogP contribution is 2.22. The first-order valence-corrected chi connectivity index (χ1v) is 10.3. The van der Waals surface area contributed by atoms with Gasteiger partial charge in [-0.1, -0.05) is 24.3 Å². The highest BCUT2D eigenvalue weighted by molar-refractivity contribution is 5.98. The predicted molar refractivity (Wildman–Crippen MR) is 124 cm³/mol. The summed E-state index contributed by atoms with van der Waals surface area (Å²) in [5, 5.41) is 26.4. The molecule has 11 nitrogen and oxygen atoms in total. The second kappa shape index (κ2) is 11.5. The Bertz CT molecular complexity index is 1120. The fraction of sp³-hybridized carbons (Fsp3) is 0.174. The van der Waals surface area contributed by atoms with E-state index in [1.807, 2.05) is 12.1 Å². The number of benzene rings is 2. The van der Waals surface area contributed by atoms with Gasteiger partial charge in [-0.3, -0.25) is 24.6 Å². The van der Waals surface area contributed by atoms with Crippen molar-refractivity contribution < 1.29 is 24.7 Å². The zero-order valence-corrected chi connectivity index (χ0v) is 18.2. The van der Waals surface area contributed by atoms with E-state index in [-0.39, 0.29) is 18.0 Å². The maximum atomic E-state index is 12.4. The predicted octanol–water partition coefficient (Wildman–Crippen LogP) is 1.18. The number of hydrogen-bond donors (Lipinski definition) is 6. The van der Waals surface area contributed by atoms with Crippen molar-refractivity contribution in [2.45, 2.75) is 19.1 Å². The van der Waals surface area contributed by atoms with Crippen molar-refractivity contribution in [3.05, 3.63) is 72.7 Å². The summed E-state index contributed by atoms with van der Waals surface area (Å²) < 4.78 is 0. The van der Waals surface area contributed by atoms with Gasteiger partial charge in [0, 0.05) is 23.6 Å². The van der Waals surface area contributed by atoms with Crippen LogP contribution in [-0.4, -0.2) is 56.7 Å². The monoisotopic (exact) mass is 464 g/mol. The number of amides is 3. The Morgan fingerprint density at radius 1 is 0.971 bits per heavy atom. The molecule has 0 fully saturated rings. The number of nitrogens with one attached hydrogen (secondary N) is 4. The van der Waals surface area contributed by atoms with Gasteiger partial charge in [-0.05, 0) is 42.3 Å². The summed E-state index contributed by atoms with van der Waals surface area (Å²) in [5.41, 5.74) is 4.01. The molecular formula is C23H24N6O5. The van der Waals surface area contributed by atoms with Crippen molar-refractivity contribution >= 4 is 29.2 Å². The van der Waals surface area contributed by atoms with Crippen LogP contribution in [-0.2, 0) is 9.59 Å². The average Bonchev–Trinajstić information content (AvgIpc) is 2.86. The molecule has 0 bridgehead atoms. The Labute approximate surface area is 195 Å². The Hall–Kier alpha value is -4.35. The molecule has 0 radical (unpaired) electrons. The van der Waals surface area contributed by atoms with Gasteiger partial charge in [0.25, 0.3) is 11.8 Å². The number of anilines is 2. The first kappa shape index (κ1) is 24.3. The third-order valence-corrected chi connectivity index (χ3v) is 4.80. The molecule has 0 unspecified atom stereocenters. The van der Waals surface area contributed by atoms with Crippen LogP contribution in [0.3, 0.4) is 0 Å². The SMILES string of the molecule is C[C@@H](O)[C@H](NC(=O)c1ccc(-c2ccc(NC(=O)CNc3cnccn3)cc2)cc1)C(=O)NO. The summed E-state index contributed by atoms with van der Waals surface area (Å²) in [4.78, 5) is 44.0. The van der Waals surface area contributed by atoms with E-state index < -0.39 is 24.0 Å². The van der Waals surface area contributed by atoms with E-state index in [0.717, 1.165) is 11.1 Å². The standard InChI is InChI=1S/C23H24N6O5/c1-14(30)21(23(33)29-34)28-22(32)17-4-2-15(3-5-17)16-6-8-18(9-7-16)27-20(31)13-26-19-12-24-10-11-25-19/h2-12,14,21,30,34H,13H2,1H3,(H,25,26)(H,27,31)(H,28,32)(H,29,33)/t14-,21+/m1/s1. The minimum atomic E-state index is -1.30. The molecule has 3 rings (SSSR count). The summed E-state index contributed by atoms with van der Waals surface area (Å²) in [6.07, 6.45) is 3.40. The van der Waals surface area contributed by atoms with Gasteiger partial charge in [-0.15, -0.1) is 0 Å². The zero-order valence-electron chi connectivity index (χ0n) is 18.2. The van der Waals surface area contributed by atoms with Gasteiger partial charge >= 0.3 is 0 Å². The maximum Gasteiger partial charge on any atom is 0.268 e. The van der Waals surface area contributed by atoms with Crippen molar-refractivity contribution in [2.24, 2.45) is 0 Å². The van der Waals surface area contributed by atoms with E-state index in [9.17, 15) is 19.5 Å². The molecule has 1 aromatic heterocycles. The van der Waals surface area contributed by atoms with Crippen LogP contribution in [0, 0.1) is 0 Å². The van der Waals surface area contributed by atoms with E-state index in [4.69, 9.17) is 5.21 Å². The highest BCUT2D eigenvalue weighted by Gasteiger charge is 2.25. The Kier molecular flexibility index (Phi) is 8.21. The summed E-state index contributed by atoms with van der Waals surface area (Å²) in [6, 6.07) is 12.5. The van der Waals surface area contributed by atoms with Gasteiger partial charge in [-0.25, -0.2) is 10.5 Å². The fourth-order valence-corrected chi connectivity index (χ4v) is 3.03. The third kappa shape index (κ3) is 6.58.